The van der Waals surface area contributed by atoms with Crippen molar-refractivity contribution in [2.24, 2.45) is 0 Å². The molecule has 1 aromatic carbocycles. The molecule has 0 radical (unpaired) electrons. The normalized spacial score (nSPS) is 10.7. The Labute approximate surface area is 144 Å². The number of carbonyl (C=O) groups excluding carboxylic acids is 1. The number of nitrogens with one attached hydrogen (secondary N) is 2. The number of fused-ring (bicyclic) bond motifs is 1. The minimum Gasteiger partial charge on any atom is -0.361 e. The molecule has 3 heterocycles. The molecule has 0 aliphatic rings. The Morgan fingerprint density at radius 3 is 2.84 bits per heavy atom. The van der Waals surface area contributed by atoms with Gasteiger partial charge in [-0.2, -0.15) is 0 Å². The van der Waals surface area contributed by atoms with Gasteiger partial charge in [0.15, 0.2) is 0 Å². The summed E-state index contributed by atoms with van der Waals surface area (Å²) < 4.78 is 0. The van der Waals surface area contributed by atoms with Crippen molar-refractivity contribution in [1.29, 1.82) is 0 Å². The molecule has 3 aromatic heterocycles. The van der Waals surface area contributed by atoms with Crippen LogP contribution in [0.15, 0.2) is 73.3 Å². The van der Waals surface area contributed by atoms with Crippen LogP contribution in [0.2, 0.25) is 0 Å². The van der Waals surface area contributed by atoms with E-state index in [4.69, 9.17) is 0 Å². The summed E-state index contributed by atoms with van der Waals surface area (Å²) in [6.45, 7) is 0.435. The molecule has 0 saturated carbocycles. The summed E-state index contributed by atoms with van der Waals surface area (Å²) in [5.41, 5.74) is 4.45. The van der Waals surface area contributed by atoms with Gasteiger partial charge in [-0.05, 0) is 48.0 Å². The predicted molar refractivity (Wildman–Crippen MR) is 96.9 cm³/mol. The van der Waals surface area contributed by atoms with Crippen molar-refractivity contribution in [3.05, 3.63) is 84.4 Å². The van der Waals surface area contributed by atoms with Gasteiger partial charge in [0.25, 0.3) is 5.91 Å². The molecule has 0 spiro atoms. The van der Waals surface area contributed by atoms with E-state index in [-0.39, 0.29) is 5.91 Å². The number of H-pyrrole nitrogens is 1. The summed E-state index contributed by atoms with van der Waals surface area (Å²) in [5, 5.41) is 3.95. The summed E-state index contributed by atoms with van der Waals surface area (Å²) in [6, 6.07) is 15.3. The molecule has 122 valence electrons. The first-order chi connectivity index (χ1) is 12.3. The number of nitrogens with zero attached hydrogens (tertiary/aromatic N) is 2. The molecule has 0 aliphatic heterocycles. The number of rotatable bonds is 4. The quantitative estimate of drug-likeness (QED) is 0.602. The highest BCUT2D eigenvalue weighted by atomic mass is 16.1. The molecule has 2 N–H and O–H groups in total. The van der Waals surface area contributed by atoms with Crippen molar-refractivity contribution < 1.29 is 4.79 Å². The highest BCUT2D eigenvalue weighted by Crippen LogP contribution is 2.16. The van der Waals surface area contributed by atoms with E-state index in [1.165, 1.54) is 0 Å². The Balaban J connectivity index is 1.43. The minimum atomic E-state index is -0.0977. The minimum absolute atomic E-state index is 0.0977. The molecule has 4 aromatic rings. The average molecular weight is 328 g/mol. The van der Waals surface area contributed by atoms with Gasteiger partial charge in [0, 0.05) is 53.4 Å². The third kappa shape index (κ3) is 3.26. The fraction of sp³-hybridized carbons (Fsp3) is 0.0500. The van der Waals surface area contributed by atoms with Gasteiger partial charge in [0.05, 0.1) is 5.69 Å². The molecule has 25 heavy (non-hydrogen) atoms. The van der Waals surface area contributed by atoms with Crippen molar-refractivity contribution in [3.63, 3.8) is 0 Å². The second-order valence-electron chi connectivity index (χ2n) is 5.76. The Bertz CT molecular complexity index is 1010. The van der Waals surface area contributed by atoms with Crippen molar-refractivity contribution in [1.82, 2.24) is 20.3 Å². The predicted octanol–water partition coefficient (Wildman–Crippen LogP) is 3.55. The van der Waals surface area contributed by atoms with Crippen LogP contribution >= 0.6 is 0 Å². The van der Waals surface area contributed by atoms with E-state index in [1.807, 2.05) is 54.7 Å². The number of hydrogen-bond donors (Lipinski definition) is 2. The highest BCUT2D eigenvalue weighted by molar-refractivity contribution is 5.98. The molecule has 5 heteroatoms. The van der Waals surface area contributed by atoms with Crippen LogP contribution in [-0.4, -0.2) is 20.9 Å². The number of aromatic amines is 1. The van der Waals surface area contributed by atoms with Crippen molar-refractivity contribution in [2.45, 2.75) is 6.54 Å². The van der Waals surface area contributed by atoms with Crippen molar-refractivity contribution in [2.75, 3.05) is 0 Å². The number of aromatic nitrogens is 3. The lowest BCUT2D eigenvalue weighted by atomic mass is 10.1. The smallest absolute Gasteiger partial charge is 0.251 e. The van der Waals surface area contributed by atoms with E-state index < -0.39 is 0 Å². The third-order valence-electron chi connectivity index (χ3n) is 4.05. The van der Waals surface area contributed by atoms with Crippen LogP contribution in [-0.2, 0) is 6.54 Å². The van der Waals surface area contributed by atoms with Gasteiger partial charge in [-0.25, -0.2) is 0 Å². The molecule has 0 unspecified atom stereocenters. The number of hydrogen-bond acceptors (Lipinski definition) is 3. The molecule has 5 nitrogen and oxygen atoms in total. The SMILES string of the molecule is O=C(NCc1ccc(-c2cccnc2)nc1)c1ccc2[nH]ccc2c1. The molecular formula is C20H16N4O. The maximum absolute atomic E-state index is 12.3. The highest BCUT2D eigenvalue weighted by Gasteiger charge is 2.07. The fourth-order valence-corrected chi connectivity index (χ4v) is 2.69. The van der Waals surface area contributed by atoms with Crippen molar-refractivity contribution >= 4 is 16.8 Å². The monoisotopic (exact) mass is 328 g/mol. The van der Waals surface area contributed by atoms with Gasteiger partial charge < -0.3 is 10.3 Å². The number of benzene rings is 1. The van der Waals surface area contributed by atoms with Gasteiger partial charge >= 0.3 is 0 Å². The Morgan fingerprint density at radius 1 is 1.08 bits per heavy atom. The van der Waals surface area contributed by atoms with Crippen LogP contribution in [0.5, 0.6) is 0 Å². The summed E-state index contributed by atoms with van der Waals surface area (Å²) in [4.78, 5) is 24.0. The van der Waals surface area contributed by atoms with Crippen molar-refractivity contribution in [3.8, 4) is 11.3 Å². The zero-order valence-electron chi connectivity index (χ0n) is 13.4. The molecule has 0 bridgehead atoms. The molecule has 1 amide bonds. The van der Waals surface area contributed by atoms with Gasteiger partial charge in [-0.15, -0.1) is 0 Å². The Kier molecular flexibility index (Phi) is 3.96. The van der Waals surface area contributed by atoms with E-state index in [0.717, 1.165) is 27.7 Å². The number of amides is 1. The zero-order valence-corrected chi connectivity index (χ0v) is 13.4. The van der Waals surface area contributed by atoms with Gasteiger partial charge in [-0.3, -0.25) is 14.8 Å². The maximum Gasteiger partial charge on any atom is 0.251 e. The molecule has 0 atom stereocenters. The van der Waals surface area contributed by atoms with Crippen LogP contribution in [0.1, 0.15) is 15.9 Å². The number of pyridine rings is 2. The van der Waals surface area contributed by atoms with E-state index in [2.05, 4.69) is 20.3 Å². The summed E-state index contributed by atoms with van der Waals surface area (Å²) in [7, 11) is 0. The van der Waals surface area contributed by atoms with Crippen LogP contribution in [0, 0.1) is 0 Å². The first-order valence-electron chi connectivity index (χ1n) is 8.00. The van der Waals surface area contributed by atoms with Crippen LogP contribution in [0.25, 0.3) is 22.2 Å². The van der Waals surface area contributed by atoms with E-state index in [1.54, 1.807) is 18.6 Å². The van der Waals surface area contributed by atoms with Crippen LogP contribution in [0.4, 0.5) is 0 Å². The van der Waals surface area contributed by atoms with E-state index in [0.29, 0.717) is 12.1 Å². The van der Waals surface area contributed by atoms with Gasteiger partial charge in [0.2, 0.25) is 0 Å². The topological polar surface area (TPSA) is 70.7 Å². The first-order valence-corrected chi connectivity index (χ1v) is 8.00. The lowest BCUT2D eigenvalue weighted by Crippen LogP contribution is -2.22. The second kappa shape index (κ2) is 6.57. The van der Waals surface area contributed by atoms with Crippen LogP contribution in [0.3, 0.4) is 0 Å². The maximum atomic E-state index is 12.3. The Hall–Kier alpha value is -3.47. The molecule has 0 fully saturated rings. The summed E-state index contributed by atoms with van der Waals surface area (Å²) >= 11 is 0. The molecule has 4 rings (SSSR count). The fourth-order valence-electron chi connectivity index (χ4n) is 2.69. The summed E-state index contributed by atoms with van der Waals surface area (Å²) in [5.74, 6) is -0.0977. The number of carbonyl (C=O) groups is 1. The standard InChI is InChI=1S/C20H16N4O/c25-20(16-4-6-18-15(10-16)7-9-22-18)24-12-14-3-5-19(23-11-14)17-2-1-8-21-13-17/h1-11,13,22H,12H2,(H,24,25). The lowest BCUT2D eigenvalue weighted by molar-refractivity contribution is 0.0951. The summed E-state index contributed by atoms with van der Waals surface area (Å²) in [6.07, 6.45) is 7.15. The first kappa shape index (κ1) is 15.1. The molecular weight excluding hydrogens is 312 g/mol. The average Bonchev–Trinajstić information content (AvgIpc) is 3.15. The molecule has 0 aliphatic carbocycles. The largest absolute Gasteiger partial charge is 0.361 e. The molecule has 0 saturated heterocycles. The van der Waals surface area contributed by atoms with Gasteiger partial charge in [-0.1, -0.05) is 6.07 Å². The van der Waals surface area contributed by atoms with Crippen LogP contribution < -0.4 is 5.32 Å². The van der Waals surface area contributed by atoms with E-state index >= 15 is 0 Å². The van der Waals surface area contributed by atoms with E-state index in [9.17, 15) is 4.79 Å². The second-order valence-corrected chi connectivity index (χ2v) is 5.76. The zero-order chi connectivity index (χ0) is 17.1. The third-order valence-corrected chi connectivity index (χ3v) is 4.05. The van der Waals surface area contributed by atoms with Gasteiger partial charge in [0.1, 0.15) is 0 Å². The Morgan fingerprint density at radius 2 is 2.04 bits per heavy atom. The lowest BCUT2D eigenvalue weighted by Gasteiger charge is -2.06.